The van der Waals surface area contributed by atoms with Crippen molar-refractivity contribution in [2.45, 2.75) is 40.0 Å². The number of nitrogens with zero attached hydrogens (tertiary/aromatic N) is 6. The number of aryl methyl sites for hydroxylation is 1. The molecule has 0 unspecified atom stereocenters. The van der Waals surface area contributed by atoms with E-state index in [-0.39, 0.29) is 5.56 Å². The number of hydrogen-bond donors (Lipinski definition) is 0. The average Bonchev–Trinajstić information content (AvgIpc) is 3.43. The van der Waals surface area contributed by atoms with Gasteiger partial charge in [-0.2, -0.15) is 0 Å². The second kappa shape index (κ2) is 9.50. The third-order valence-corrected chi connectivity index (χ3v) is 7.63. The van der Waals surface area contributed by atoms with Crippen molar-refractivity contribution in [3.8, 4) is 0 Å². The Morgan fingerprint density at radius 1 is 1.06 bits per heavy atom. The Hall–Kier alpha value is -2.33. The van der Waals surface area contributed by atoms with Gasteiger partial charge in [0.1, 0.15) is 0 Å². The molecule has 0 spiro atoms. The van der Waals surface area contributed by atoms with Crippen LogP contribution in [0.25, 0.3) is 16.7 Å². The Labute approximate surface area is 202 Å². The number of piperazine rings is 1. The molecule has 0 radical (unpaired) electrons. The molecule has 9 heteroatoms. The van der Waals surface area contributed by atoms with Gasteiger partial charge in [0.15, 0.2) is 0 Å². The molecule has 0 aliphatic carbocycles. The fourth-order valence-electron chi connectivity index (χ4n) is 4.45. The molecule has 1 aliphatic rings. The van der Waals surface area contributed by atoms with Gasteiger partial charge in [0.05, 0.1) is 17.6 Å². The Morgan fingerprint density at radius 3 is 2.55 bits per heavy atom. The molecule has 0 amide bonds. The van der Waals surface area contributed by atoms with Crippen LogP contribution in [-0.2, 0) is 19.8 Å². The van der Waals surface area contributed by atoms with E-state index in [1.807, 2.05) is 44.7 Å². The van der Waals surface area contributed by atoms with Crippen molar-refractivity contribution in [3.63, 3.8) is 0 Å². The second-order valence-corrected chi connectivity index (χ2v) is 10.6. The van der Waals surface area contributed by atoms with Crippen LogP contribution in [0.5, 0.6) is 0 Å². The summed E-state index contributed by atoms with van der Waals surface area (Å²) >= 11 is 7.69. The van der Waals surface area contributed by atoms with E-state index in [1.165, 1.54) is 4.88 Å². The number of aromatic nitrogens is 4. The van der Waals surface area contributed by atoms with Gasteiger partial charge in [0.2, 0.25) is 10.5 Å². The zero-order valence-corrected chi connectivity index (χ0v) is 20.8. The largest absolute Gasteiger partial charge is 0.296 e. The van der Waals surface area contributed by atoms with Crippen LogP contribution in [-0.4, -0.2) is 54.7 Å². The fraction of sp³-hybridized carbons (Fsp3) is 0.458. The zero-order valence-electron chi connectivity index (χ0n) is 19.2. The summed E-state index contributed by atoms with van der Waals surface area (Å²) in [7, 11) is 0. The molecule has 1 saturated heterocycles. The van der Waals surface area contributed by atoms with E-state index >= 15 is 0 Å². The van der Waals surface area contributed by atoms with Crippen LogP contribution in [0, 0.1) is 10.7 Å². The maximum Gasteiger partial charge on any atom is 0.262 e. The smallest absolute Gasteiger partial charge is 0.262 e. The van der Waals surface area contributed by atoms with Crippen molar-refractivity contribution < 1.29 is 0 Å². The molecule has 1 fully saturated rings. The number of para-hydroxylation sites is 1. The molecule has 174 valence electrons. The van der Waals surface area contributed by atoms with Crippen molar-refractivity contribution in [3.05, 3.63) is 61.8 Å². The summed E-state index contributed by atoms with van der Waals surface area (Å²) in [5, 5.41) is 7.69. The van der Waals surface area contributed by atoms with Gasteiger partial charge in [-0.25, -0.2) is 4.68 Å². The van der Waals surface area contributed by atoms with Crippen LogP contribution in [0.2, 0.25) is 0 Å². The summed E-state index contributed by atoms with van der Waals surface area (Å²) in [5.74, 6) is 1.14. The van der Waals surface area contributed by atoms with E-state index in [2.05, 4.69) is 41.2 Å². The summed E-state index contributed by atoms with van der Waals surface area (Å²) in [6.07, 6.45) is 0.916. The van der Waals surface area contributed by atoms with Gasteiger partial charge in [0.25, 0.3) is 5.56 Å². The first kappa shape index (κ1) is 22.5. The standard InChI is InChI=1S/C24H30N6OS2/c1-18(2)9-10-28-22(31)20-7-3-4-8-21(20)30-23(28)25-29(24(30)32)17-27-13-11-26(12-14-27)16-19-6-5-15-33-19/h3-8,15,18H,9-14,16-17H2,1-2H3. The minimum absolute atomic E-state index is 0.00749. The number of rotatable bonds is 7. The lowest BCUT2D eigenvalue weighted by Gasteiger charge is -2.34. The van der Waals surface area contributed by atoms with Gasteiger partial charge in [-0.3, -0.25) is 23.6 Å². The predicted octanol–water partition coefficient (Wildman–Crippen LogP) is 4.06. The monoisotopic (exact) mass is 482 g/mol. The lowest BCUT2D eigenvalue weighted by molar-refractivity contribution is 0.0989. The van der Waals surface area contributed by atoms with Gasteiger partial charge < -0.3 is 0 Å². The van der Waals surface area contributed by atoms with Crippen LogP contribution in [0.4, 0.5) is 0 Å². The first-order valence-electron chi connectivity index (χ1n) is 11.6. The molecule has 1 aromatic carbocycles. The molecule has 0 bridgehead atoms. The topological polar surface area (TPSA) is 50.7 Å². The Bertz CT molecular complexity index is 1360. The quantitative estimate of drug-likeness (QED) is 0.372. The van der Waals surface area contributed by atoms with Crippen LogP contribution < -0.4 is 5.56 Å². The second-order valence-electron chi connectivity index (χ2n) is 9.19. The minimum Gasteiger partial charge on any atom is -0.296 e. The normalized spacial score (nSPS) is 15.8. The molecule has 0 saturated carbocycles. The molecule has 7 nitrogen and oxygen atoms in total. The van der Waals surface area contributed by atoms with E-state index in [4.69, 9.17) is 17.3 Å². The van der Waals surface area contributed by atoms with E-state index in [0.29, 0.717) is 35.1 Å². The maximum absolute atomic E-state index is 13.3. The summed E-state index contributed by atoms with van der Waals surface area (Å²) in [5.41, 5.74) is 0.836. The maximum atomic E-state index is 13.3. The van der Waals surface area contributed by atoms with E-state index in [0.717, 1.165) is 44.7 Å². The number of fused-ring (bicyclic) bond motifs is 3. The zero-order chi connectivity index (χ0) is 22.9. The van der Waals surface area contributed by atoms with Crippen LogP contribution >= 0.6 is 23.6 Å². The van der Waals surface area contributed by atoms with Crippen molar-refractivity contribution >= 4 is 40.2 Å². The third-order valence-electron chi connectivity index (χ3n) is 6.37. The highest BCUT2D eigenvalue weighted by Crippen LogP contribution is 2.17. The molecule has 3 aromatic heterocycles. The number of benzene rings is 1. The average molecular weight is 483 g/mol. The molecule has 33 heavy (non-hydrogen) atoms. The summed E-state index contributed by atoms with van der Waals surface area (Å²) < 4.78 is 6.30. The molecule has 4 aromatic rings. The SMILES string of the molecule is CC(C)CCn1c(=O)c2ccccc2n2c(=S)n(CN3CCN(Cc4cccs4)CC3)nc12. The lowest BCUT2D eigenvalue weighted by Crippen LogP contribution is -2.46. The highest BCUT2D eigenvalue weighted by Gasteiger charge is 2.20. The first-order chi connectivity index (χ1) is 16.0. The molecule has 4 heterocycles. The Kier molecular flexibility index (Phi) is 6.47. The van der Waals surface area contributed by atoms with Crippen molar-refractivity contribution in [1.29, 1.82) is 0 Å². The fourth-order valence-corrected chi connectivity index (χ4v) is 5.47. The summed E-state index contributed by atoms with van der Waals surface area (Å²) in [4.78, 5) is 19.6. The number of hydrogen-bond acceptors (Lipinski definition) is 6. The van der Waals surface area contributed by atoms with Gasteiger partial charge >= 0.3 is 0 Å². The molecule has 0 N–H and O–H groups in total. The lowest BCUT2D eigenvalue weighted by atomic mass is 10.1. The Balaban J connectivity index is 1.43. The van der Waals surface area contributed by atoms with Gasteiger partial charge in [-0.05, 0) is 48.1 Å². The molecule has 5 rings (SSSR count). The molecule has 1 aliphatic heterocycles. The van der Waals surface area contributed by atoms with E-state index in [1.54, 1.807) is 4.57 Å². The van der Waals surface area contributed by atoms with Gasteiger partial charge in [0, 0.05) is 44.1 Å². The highest BCUT2D eigenvalue weighted by atomic mass is 32.1. The van der Waals surface area contributed by atoms with Crippen molar-refractivity contribution in [2.75, 3.05) is 26.2 Å². The molecule has 0 atom stereocenters. The summed E-state index contributed by atoms with van der Waals surface area (Å²) in [6.45, 7) is 10.6. The summed E-state index contributed by atoms with van der Waals surface area (Å²) in [6, 6.07) is 12.0. The first-order valence-corrected chi connectivity index (χ1v) is 12.9. The van der Waals surface area contributed by atoms with E-state index in [9.17, 15) is 4.79 Å². The van der Waals surface area contributed by atoms with Gasteiger partial charge in [-0.15, -0.1) is 16.4 Å². The highest BCUT2D eigenvalue weighted by molar-refractivity contribution is 7.71. The predicted molar refractivity (Wildman–Crippen MR) is 136 cm³/mol. The van der Waals surface area contributed by atoms with Gasteiger partial charge in [-0.1, -0.05) is 32.0 Å². The third kappa shape index (κ3) is 4.55. The Morgan fingerprint density at radius 2 is 1.82 bits per heavy atom. The van der Waals surface area contributed by atoms with Crippen molar-refractivity contribution in [1.82, 2.24) is 28.5 Å². The molecular weight excluding hydrogens is 452 g/mol. The van der Waals surface area contributed by atoms with Crippen LogP contribution in [0.3, 0.4) is 0 Å². The van der Waals surface area contributed by atoms with E-state index < -0.39 is 0 Å². The molecular formula is C24H30N6OS2. The van der Waals surface area contributed by atoms with Crippen molar-refractivity contribution in [2.24, 2.45) is 5.92 Å². The minimum atomic E-state index is 0.00749. The number of thiophene rings is 1. The van der Waals surface area contributed by atoms with Crippen LogP contribution in [0.1, 0.15) is 25.1 Å². The van der Waals surface area contributed by atoms with Crippen LogP contribution in [0.15, 0.2) is 46.6 Å².